The van der Waals surface area contributed by atoms with Crippen molar-refractivity contribution >= 4 is 40.1 Å². The van der Waals surface area contributed by atoms with Crippen LogP contribution < -0.4 is 20.9 Å². The minimum Gasteiger partial charge on any atom is -0.482 e. The number of thioether (sulfide) groups is 1. The predicted molar refractivity (Wildman–Crippen MR) is 116 cm³/mol. The number of ether oxygens (including phenoxy) is 1. The van der Waals surface area contributed by atoms with E-state index in [1.807, 2.05) is 0 Å². The van der Waals surface area contributed by atoms with E-state index in [0.717, 1.165) is 18.4 Å². The summed E-state index contributed by atoms with van der Waals surface area (Å²) in [5.74, 6) is 1.07. The van der Waals surface area contributed by atoms with E-state index in [2.05, 4.69) is 20.6 Å². The van der Waals surface area contributed by atoms with Gasteiger partial charge in [-0.2, -0.15) is 0 Å². The smallest absolute Gasteiger partial charge is 0.287 e. The molecule has 0 aliphatic carbocycles. The number of H-pyrrole nitrogens is 1. The summed E-state index contributed by atoms with van der Waals surface area (Å²) in [4.78, 5) is 43.9. The van der Waals surface area contributed by atoms with Crippen molar-refractivity contribution in [2.75, 3.05) is 23.4 Å². The lowest BCUT2D eigenvalue weighted by atomic mass is 9.94. The molecular weight excluding hydrogens is 440 g/mol. The molecule has 3 aliphatic rings. The Bertz CT molecular complexity index is 1160. The summed E-state index contributed by atoms with van der Waals surface area (Å²) < 4.78 is 17.4. The van der Waals surface area contributed by atoms with E-state index in [-0.39, 0.29) is 41.6 Å². The second-order valence-electron chi connectivity index (χ2n) is 7.70. The molecule has 11 heteroatoms. The molecule has 0 bridgehead atoms. The topological polar surface area (TPSA) is 130 Å². The molecule has 31 heavy (non-hydrogen) atoms. The average molecular weight is 461 g/mol. The number of nitrogens with one attached hydrogen (secondary N) is 3. The average Bonchev–Trinajstić information content (AvgIpc) is 2.98. The molecule has 2 amide bonds. The predicted octanol–water partition coefficient (Wildman–Crippen LogP) is 1.13. The van der Waals surface area contributed by atoms with Crippen LogP contribution in [0, 0.1) is 0 Å². The summed E-state index contributed by atoms with van der Waals surface area (Å²) in [6, 6.07) is 5.25. The Labute approximate surface area is 184 Å². The number of aromatic nitrogens is 2. The number of amides is 2. The second-order valence-corrected chi connectivity index (χ2v) is 10.5. The van der Waals surface area contributed by atoms with Crippen molar-refractivity contribution in [3.05, 3.63) is 45.5 Å². The van der Waals surface area contributed by atoms with Gasteiger partial charge in [-0.05, 0) is 30.5 Å². The normalized spacial score (nSPS) is 24.1. The van der Waals surface area contributed by atoms with Crippen molar-refractivity contribution in [2.45, 2.75) is 35.6 Å². The van der Waals surface area contributed by atoms with Gasteiger partial charge in [-0.1, -0.05) is 6.07 Å². The van der Waals surface area contributed by atoms with E-state index < -0.39 is 16.7 Å². The van der Waals surface area contributed by atoms with Crippen LogP contribution >= 0.6 is 11.8 Å². The van der Waals surface area contributed by atoms with Crippen LogP contribution in [0.2, 0.25) is 0 Å². The number of rotatable bonds is 3. The molecule has 1 fully saturated rings. The maximum Gasteiger partial charge on any atom is 0.287 e. The van der Waals surface area contributed by atoms with E-state index in [1.54, 1.807) is 18.2 Å². The quantitative estimate of drug-likeness (QED) is 0.586. The second kappa shape index (κ2) is 8.12. The third kappa shape index (κ3) is 3.99. The molecule has 0 spiro atoms. The zero-order valence-electron chi connectivity index (χ0n) is 16.4. The number of hydrogen-bond donors (Lipinski definition) is 3. The molecule has 1 saturated heterocycles. The summed E-state index contributed by atoms with van der Waals surface area (Å²) in [6.07, 6.45) is 1.63. The van der Waals surface area contributed by atoms with Gasteiger partial charge in [-0.25, -0.2) is 4.98 Å². The molecule has 9 nitrogen and oxygen atoms in total. The maximum atomic E-state index is 12.7. The molecular formula is C20H20N4O5S2. The Morgan fingerprint density at radius 2 is 2.23 bits per heavy atom. The first-order valence-electron chi connectivity index (χ1n) is 9.97. The van der Waals surface area contributed by atoms with E-state index >= 15 is 0 Å². The summed E-state index contributed by atoms with van der Waals surface area (Å²) >= 11 is 1.45. The van der Waals surface area contributed by atoms with E-state index in [1.165, 1.54) is 11.8 Å². The summed E-state index contributed by atoms with van der Waals surface area (Å²) in [5, 5.41) is 6.11. The Morgan fingerprint density at radius 3 is 3.10 bits per heavy atom. The molecule has 3 atom stereocenters. The van der Waals surface area contributed by atoms with Gasteiger partial charge in [0.2, 0.25) is 0 Å². The number of carbonyl (C=O) groups is 2. The number of fused-ring (bicyclic) bond motifs is 4. The Kier molecular flexibility index (Phi) is 5.30. The number of aromatic amines is 1. The fourth-order valence-corrected chi connectivity index (χ4v) is 7.33. The molecule has 162 valence electrons. The highest BCUT2D eigenvalue weighted by Crippen LogP contribution is 2.46. The van der Waals surface area contributed by atoms with Crippen LogP contribution in [0.1, 0.15) is 40.5 Å². The van der Waals surface area contributed by atoms with Crippen molar-refractivity contribution in [2.24, 2.45) is 0 Å². The Morgan fingerprint density at radius 1 is 1.35 bits per heavy atom. The third-order valence-electron chi connectivity index (χ3n) is 5.59. The molecule has 0 radical (unpaired) electrons. The molecule has 5 rings (SSSR count). The van der Waals surface area contributed by atoms with Gasteiger partial charge in [0, 0.05) is 40.0 Å². The van der Waals surface area contributed by atoms with Crippen molar-refractivity contribution in [1.82, 2.24) is 15.3 Å². The van der Waals surface area contributed by atoms with Gasteiger partial charge in [-0.15, -0.1) is 11.8 Å². The van der Waals surface area contributed by atoms with E-state index in [9.17, 15) is 18.6 Å². The van der Waals surface area contributed by atoms with E-state index in [0.29, 0.717) is 33.5 Å². The van der Waals surface area contributed by atoms with Crippen LogP contribution in [0.15, 0.2) is 28.0 Å². The summed E-state index contributed by atoms with van der Waals surface area (Å²) in [5.41, 5.74) is 1.65. The molecule has 3 unspecified atom stereocenters. The van der Waals surface area contributed by atoms with Gasteiger partial charge in [0.15, 0.2) is 12.4 Å². The van der Waals surface area contributed by atoms with Crippen molar-refractivity contribution in [3.8, 4) is 5.75 Å². The first-order chi connectivity index (χ1) is 15.0. The molecule has 2 aromatic rings. The number of benzene rings is 1. The van der Waals surface area contributed by atoms with Crippen LogP contribution in [0.5, 0.6) is 5.75 Å². The number of nitrogens with zero attached hydrogens (tertiary/aromatic N) is 1. The van der Waals surface area contributed by atoms with Crippen molar-refractivity contribution < 1.29 is 18.5 Å². The van der Waals surface area contributed by atoms with E-state index in [4.69, 9.17) is 4.74 Å². The third-order valence-corrected chi connectivity index (χ3v) is 8.60. The van der Waals surface area contributed by atoms with Gasteiger partial charge >= 0.3 is 0 Å². The highest BCUT2D eigenvalue weighted by molar-refractivity contribution is 8.01. The van der Waals surface area contributed by atoms with Gasteiger partial charge < -0.3 is 20.4 Å². The lowest BCUT2D eigenvalue weighted by Gasteiger charge is -2.18. The highest BCUT2D eigenvalue weighted by atomic mass is 32.2. The molecule has 3 N–H and O–H groups in total. The SMILES string of the molecule is O=C1COc2ccc(CNC(=O)c3nc4c(c(=O)[nH]3)C3CCCS(=O)CC3S4)cc2N1. The minimum absolute atomic E-state index is 0.0178. The largest absolute Gasteiger partial charge is 0.482 e. The monoisotopic (exact) mass is 460 g/mol. The molecule has 1 aromatic heterocycles. The minimum atomic E-state index is -0.880. The first-order valence-corrected chi connectivity index (χ1v) is 12.3. The lowest BCUT2D eigenvalue weighted by Crippen LogP contribution is -2.29. The molecule has 3 aliphatic heterocycles. The van der Waals surface area contributed by atoms with Gasteiger partial charge in [0.25, 0.3) is 17.4 Å². The number of hydrogen-bond acceptors (Lipinski definition) is 7. The molecule has 4 heterocycles. The zero-order chi connectivity index (χ0) is 21.5. The summed E-state index contributed by atoms with van der Waals surface area (Å²) in [7, 11) is -0.880. The molecule has 1 aromatic carbocycles. The fraction of sp³-hybridized carbons (Fsp3) is 0.400. The van der Waals surface area contributed by atoms with Gasteiger partial charge in [0.05, 0.1) is 11.3 Å². The zero-order valence-corrected chi connectivity index (χ0v) is 18.1. The fourth-order valence-electron chi connectivity index (χ4n) is 4.11. The molecule has 0 saturated carbocycles. The maximum absolute atomic E-state index is 12.7. The standard InChI is InChI=1S/C20H20N4O5S2/c25-15-8-29-13-4-3-10(6-12(13)22-15)7-21-19(27)17-23-18(26)16-11-2-1-5-31(28)9-14(11)30-20(16)24-17/h3-4,6,11,14H,1-2,5,7-9H2,(H,21,27)(H,22,25)(H,23,24,26). The van der Waals surface area contributed by atoms with Crippen molar-refractivity contribution in [1.29, 1.82) is 0 Å². The van der Waals surface area contributed by atoms with Crippen LogP contribution in [0.3, 0.4) is 0 Å². The number of anilines is 1. The van der Waals surface area contributed by atoms with Crippen LogP contribution in [0.25, 0.3) is 0 Å². The lowest BCUT2D eigenvalue weighted by molar-refractivity contribution is -0.118. The Balaban J connectivity index is 1.31. The highest BCUT2D eigenvalue weighted by Gasteiger charge is 2.39. The van der Waals surface area contributed by atoms with Crippen LogP contribution in [-0.4, -0.2) is 49.4 Å². The van der Waals surface area contributed by atoms with Gasteiger partial charge in [0.1, 0.15) is 10.8 Å². The number of carbonyl (C=O) groups excluding carboxylic acids is 2. The summed E-state index contributed by atoms with van der Waals surface area (Å²) in [6.45, 7) is 0.177. The van der Waals surface area contributed by atoms with Crippen molar-refractivity contribution in [3.63, 3.8) is 0 Å². The van der Waals surface area contributed by atoms with Crippen LogP contribution in [-0.2, 0) is 22.1 Å². The first kappa shape index (κ1) is 20.3. The van der Waals surface area contributed by atoms with Crippen LogP contribution in [0.4, 0.5) is 5.69 Å². The Hall–Kier alpha value is -2.66. The van der Waals surface area contributed by atoms with Gasteiger partial charge in [-0.3, -0.25) is 18.6 Å².